The number of carbonyl (C=O) groups is 2. The number of imidazole rings is 1. The summed E-state index contributed by atoms with van der Waals surface area (Å²) in [6, 6.07) is 15.8. The maximum atomic E-state index is 14.6. The zero-order chi connectivity index (χ0) is 30.4. The van der Waals surface area contributed by atoms with Crippen LogP contribution in [0.15, 0.2) is 60.9 Å². The van der Waals surface area contributed by atoms with E-state index in [2.05, 4.69) is 21.4 Å². The minimum atomic E-state index is -0.655. The largest absolute Gasteiger partial charge is 0.339 e. The highest BCUT2D eigenvalue weighted by Gasteiger charge is 2.37. The molecule has 11 heteroatoms. The van der Waals surface area contributed by atoms with E-state index in [-0.39, 0.29) is 11.7 Å². The van der Waals surface area contributed by atoms with Crippen LogP contribution in [0.1, 0.15) is 53.7 Å². The number of carbonyl (C=O) groups excluding carboxylic acids is 2. The van der Waals surface area contributed by atoms with Crippen LogP contribution in [0.3, 0.4) is 0 Å². The van der Waals surface area contributed by atoms with Crippen LogP contribution < -0.4 is 10.2 Å². The minimum absolute atomic E-state index is 0.00294. The lowest BCUT2D eigenvalue weighted by atomic mass is 9.88. The molecular formula is C33H31Cl2N7O2. The van der Waals surface area contributed by atoms with Crippen molar-refractivity contribution in [2.75, 3.05) is 24.5 Å². The molecule has 5 aromatic rings. The molecule has 2 unspecified atom stereocenters. The van der Waals surface area contributed by atoms with Gasteiger partial charge >= 0.3 is 0 Å². The number of ketones is 1. The standard InChI is InChI=1S/C33H31Cl2N7O2/c1-2-28(30(43)29-21-8-4-3-7-19(21)11-12-36-29)42(33-39-25-10-9-20(34)15-27(25)40-33)31-23-16-24(35)22(17-26(23)37-18-38-31)32(44)41-13-5-6-14-41/h3-4,7-10,15-18,28-29,36H,2,5-6,11-14H2,1H3,(H,39,40). The number of H-pyrrole nitrogens is 1. The summed E-state index contributed by atoms with van der Waals surface area (Å²) in [5.41, 5.74) is 4.54. The Kier molecular flexibility index (Phi) is 7.70. The fraction of sp³-hybridized carbons (Fsp3) is 0.303. The van der Waals surface area contributed by atoms with Crippen LogP contribution >= 0.6 is 23.2 Å². The quantitative estimate of drug-likeness (QED) is 0.214. The van der Waals surface area contributed by atoms with Crippen molar-refractivity contribution in [2.24, 2.45) is 0 Å². The zero-order valence-corrected chi connectivity index (χ0v) is 25.7. The van der Waals surface area contributed by atoms with Gasteiger partial charge in [-0.25, -0.2) is 15.0 Å². The number of amides is 1. The molecule has 0 radical (unpaired) electrons. The molecule has 0 bridgehead atoms. The molecule has 4 heterocycles. The summed E-state index contributed by atoms with van der Waals surface area (Å²) in [6.07, 6.45) is 4.75. The van der Waals surface area contributed by atoms with Crippen molar-refractivity contribution in [3.8, 4) is 0 Å². The van der Waals surface area contributed by atoms with Gasteiger partial charge in [0.2, 0.25) is 5.95 Å². The summed E-state index contributed by atoms with van der Waals surface area (Å²) >= 11 is 13.1. The van der Waals surface area contributed by atoms with E-state index in [0.717, 1.165) is 30.3 Å². The van der Waals surface area contributed by atoms with Crippen LogP contribution in [0, 0.1) is 0 Å². The lowest BCUT2D eigenvalue weighted by Gasteiger charge is -2.34. The Labute approximate surface area is 264 Å². The number of nitrogens with zero attached hydrogens (tertiary/aromatic N) is 5. The van der Waals surface area contributed by atoms with E-state index in [1.165, 1.54) is 11.9 Å². The zero-order valence-electron chi connectivity index (χ0n) is 24.2. The normalized spacial score (nSPS) is 17.2. The SMILES string of the molecule is CCC(C(=O)C1NCCc2ccccc21)N(c1nc2ccc(Cl)cc2[nH]1)c1ncnc2cc(C(=O)N3CCCC3)c(Cl)cc12. The summed E-state index contributed by atoms with van der Waals surface area (Å²) in [5, 5.41) is 4.94. The molecule has 9 nitrogen and oxygen atoms in total. The van der Waals surface area contributed by atoms with E-state index in [1.807, 2.05) is 41.0 Å². The molecule has 1 fully saturated rings. The number of halogens is 2. The van der Waals surface area contributed by atoms with Crippen molar-refractivity contribution in [1.82, 2.24) is 30.2 Å². The van der Waals surface area contributed by atoms with Gasteiger partial charge in [-0.15, -0.1) is 0 Å². The van der Waals surface area contributed by atoms with E-state index in [1.54, 1.807) is 24.3 Å². The predicted molar refractivity (Wildman–Crippen MR) is 173 cm³/mol. The number of aromatic nitrogens is 4. The van der Waals surface area contributed by atoms with E-state index >= 15 is 0 Å². The van der Waals surface area contributed by atoms with Crippen LogP contribution in [0.25, 0.3) is 21.9 Å². The second-order valence-electron chi connectivity index (χ2n) is 11.3. The highest BCUT2D eigenvalue weighted by molar-refractivity contribution is 6.35. The number of hydrogen-bond acceptors (Lipinski definition) is 7. The number of hydrogen-bond donors (Lipinski definition) is 2. The number of benzene rings is 3. The molecule has 3 aromatic carbocycles. The molecule has 0 saturated carbocycles. The number of fused-ring (bicyclic) bond motifs is 3. The van der Waals surface area contributed by atoms with Crippen molar-refractivity contribution in [3.05, 3.63) is 87.7 Å². The smallest absolute Gasteiger partial charge is 0.255 e. The lowest BCUT2D eigenvalue weighted by Crippen LogP contribution is -2.46. The number of rotatable bonds is 7. The second kappa shape index (κ2) is 11.8. The Balaban J connectivity index is 1.38. The van der Waals surface area contributed by atoms with Crippen LogP contribution in [0.2, 0.25) is 10.0 Å². The van der Waals surface area contributed by atoms with Crippen molar-refractivity contribution in [3.63, 3.8) is 0 Å². The Morgan fingerprint density at radius 1 is 1.05 bits per heavy atom. The second-order valence-corrected chi connectivity index (χ2v) is 12.1. The lowest BCUT2D eigenvalue weighted by molar-refractivity contribution is -0.122. The van der Waals surface area contributed by atoms with Gasteiger partial charge in [0.25, 0.3) is 5.91 Å². The number of Topliss-reactive ketones (excluding diaryl/α,β-unsaturated/α-hetero) is 1. The molecule has 2 N–H and O–H groups in total. The van der Waals surface area contributed by atoms with Crippen molar-refractivity contribution < 1.29 is 9.59 Å². The summed E-state index contributed by atoms with van der Waals surface area (Å²) < 4.78 is 0. The Bertz CT molecular complexity index is 1900. The van der Waals surface area contributed by atoms with Crippen molar-refractivity contribution >= 4 is 68.6 Å². The van der Waals surface area contributed by atoms with Crippen LogP contribution in [-0.2, 0) is 11.2 Å². The summed E-state index contributed by atoms with van der Waals surface area (Å²) in [6.45, 7) is 4.11. The summed E-state index contributed by atoms with van der Waals surface area (Å²) in [5.74, 6) is 0.799. The van der Waals surface area contributed by atoms with Gasteiger partial charge in [0, 0.05) is 30.0 Å². The number of nitrogens with one attached hydrogen (secondary N) is 2. The minimum Gasteiger partial charge on any atom is -0.339 e. The van der Waals surface area contributed by atoms with Crippen molar-refractivity contribution in [1.29, 1.82) is 0 Å². The van der Waals surface area contributed by atoms with Gasteiger partial charge in [-0.1, -0.05) is 54.4 Å². The fourth-order valence-corrected chi connectivity index (χ4v) is 6.87. The maximum absolute atomic E-state index is 14.6. The van der Waals surface area contributed by atoms with Gasteiger partial charge in [-0.3, -0.25) is 14.5 Å². The Morgan fingerprint density at radius 3 is 2.68 bits per heavy atom. The van der Waals surface area contributed by atoms with Gasteiger partial charge in [0.15, 0.2) is 5.78 Å². The van der Waals surface area contributed by atoms with Gasteiger partial charge in [-0.2, -0.15) is 0 Å². The van der Waals surface area contributed by atoms with Crippen LogP contribution in [-0.4, -0.2) is 62.2 Å². The van der Waals surface area contributed by atoms with Gasteiger partial charge in [-0.05, 0) is 67.1 Å². The number of aromatic amines is 1. The molecule has 0 aliphatic carbocycles. The Hall–Kier alpha value is -4.05. The highest BCUT2D eigenvalue weighted by atomic mass is 35.5. The fourth-order valence-electron chi connectivity index (χ4n) is 6.45. The van der Waals surface area contributed by atoms with Gasteiger partial charge < -0.3 is 15.2 Å². The molecule has 224 valence electrons. The molecule has 2 atom stereocenters. The first-order valence-electron chi connectivity index (χ1n) is 15.0. The molecular weight excluding hydrogens is 597 g/mol. The first kappa shape index (κ1) is 28.7. The third-order valence-corrected chi connectivity index (χ3v) is 9.18. The molecule has 0 spiro atoms. The van der Waals surface area contributed by atoms with Crippen LogP contribution in [0.4, 0.5) is 11.8 Å². The number of anilines is 2. The molecule has 1 amide bonds. The topological polar surface area (TPSA) is 107 Å². The van der Waals surface area contributed by atoms with Crippen molar-refractivity contribution in [2.45, 2.75) is 44.7 Å². The Morgan fingerprint density at radius 2 is 1.86 bits per heavy atom. The average molecular weight is 629 g/mol. The highest BCUT2D eigenvalue weighted by Crippen LogP contribution is 2.37. The van der Waals surface area contributed by atoms with E-state index < -0.39 is 12.1 Å². The monoisotopic (exact) mass is 627 g/mol. The maximum Gasteiger partial charge on any atom is 0.255 e. The molecule has 44 heavy (non-hydrogen) atoms. The van der Waals surface area contributed by atoms with Gasteiger partial charge in [0.1, 0.15) is 12.1 Å². The molecule has 2 aliphatic heterocycles. The molecule has 7 rings (SSSR count). The third-order valence-electron chi connectivity index (χ3n) is 8.63. The first-order chi connectivity index (χ1) is 21.4. The average Bonchev–Trinajstić information content (AvgIpc) is 3.73. The summed E-state index contributed by atoms with van der Waals surface area (Å²) in [7, 11) is 0. The molecule has 2 aliphatic rings. The van der Waals surface area contributed by atoms with Crippen LogP contribution in [0.5, 0.6) is 0 Å². The van der Waals surface area contributed by atoms with Gasteiger partial charge in [0.05, 0.1) is 39.2 Å². The van der Waals surface area contributed by atoms with E-state index in [0.29, 0.717) is 69.8 Å². The third kappa shape index (κ3) is 5.08. The predicted octanol–water partition coefficient (Wildman–Crippen LogP) is 6.42. The molecule has 1 saturated heterocycles. The van der Waals surface area contributed by atoms with E-state index in [9.17, 15) is 9.59 Å². The van der Waals surface area contributed by atoms with E-state index in [4.69, 9.17) is 33.2 Å². The number of likely N-dealkylation sites (tertiary alicyclic amines) is 1. The molecule has 2 aromatic heterocycles. The first-order valence-corrected chi connectivity index (χ1v) is 15.7. The summed E-state index contributed by atoms with van der Waals surface area (Å²) in [4.78, 5) is 49.0.